The summed E-state index contributed by atoms with van der Waals surface area (Å²) < 4.78 is 21.5. The third kappa shape index (κ3) is 4.68. The van der Waals surface area contributed by atoms with Gasteiger partial charge in [-0.3, -0.25) is 4.98 Å². The third-order valence-electron chi connectivity index (χ3n) is 6.08. The van der Waals surface area contributed by atoms with Crippen LogP contribution < -0.4 is 10.1 Å². The van der Waals surface area contributed by atoms with Crippen LogP contribution in [0.2, 0.25) is 0 Å². The van der Waals surface area contributed by atoms with Gasteiger partial charge in [0.15, 0.2) is 11.6 Å². The monoisotopic (exact) mass is 462 g/mol. The normalized spacial score (nSPS) is 15.0. The zero-order chi connectivity index (χ0) is 23.5. The Kier molecular flexibility index (Phi) is 6.33. The number of anilines is 2. The second-order valence-electron chi connectivity index (χ2n) is 8.36. The molecule has 5 rings (SSSR count). The molecule has 0 bridgehead atoms. The van der Waals surface area contributed by atoms with Crippen molar-refractivity contribution in [3.05, 3.63) is 60.3 Å². The van der Waals surface area contributed by atoms with Gasteiger partial charge in [-0.25, -0.2) is 18.9 Å². The predicted molar refractivity (Wildman–Crippen MR) is 128 cm³/mol. The molecular formula is C24H27FN8O. The molecule has 9 nitrogen and oxygen atoms in total. The van der Waals surface area contributed by atoms with E-state index in [0.717, 1.165) is 50.2 Å². The summed E-state index contributed by atoms with van der Waals surface area (Å²) in [5.41, 5.74) is 2.77. The largest absolute Gasteiger partial charge is 0.481 e. The summed E-state index contributed by atoms with van der Waals surface area (Å²) in [7, 11) is 3.72. The molecule has 1 N–H and O–H groups in total. The smallest absolute Gasteiger partial charge is 0.213 e. The zero-order valence-electron chi connectivity index (χ0n) is 19.3. The Morgan fingerprint density at radius 2 is 1.94 bits per heavy atom. The molecule has 0 atom stereocenters. The summed E-state index contributed by atoms with van der Waals surface area (Å²) in [6.45, 7) is 5.20. The summed E-state index contributed by atoms with van der Waals surface area (Å²) >= 11 is 0. The molecule has 0 saturated carbocycles. The van der Waals surface area contributed by atoms with Crippen LogP contribution in [0.15, 0.2) is 48.9 Å². The minimum absolute atomic E-state index is 0.298. The molecule has 10 heteroatoms. The Hall–Kier alpha value is -3.63. The molecule has 4 aromatic rings. The molecule has 0 aromatic carbocycles. The Bertz CT molecular complexity index is 1290. The standard InChI is InChI=1S/C24H27FN8O/c1-31-12-14-32(15-13-31)10-7-17-8-11-33-22(17)24(28-19-6-9-26-16-18(19)25)29-23(30-33)20-4-3-5-21(27-20)34-2/h3-6,8-9,11,16H,7,10,12-15H2,1-2H3,(H,26,28,29,30). The van der Waals surface area contributed by atoms with E-state index < -0.39 is 5.82 Å². The highest BCUT2D eigenvalue weighted by molar-refractivity contribution is 5.78. The van der Waals surface area contributed by atoms with Gasteiger partial charge in [0.05, 0.1) is 19.0 Å². The number of hydrogen-bond donors (Lipinski definition) is 1. The average molecular weight is 463 g/mol. The summed E-state index contributed by atoms with van der Waals surface area (Å²) in [4.78, 5) is 17.9. The molecule has 1 saturated heterocycles. The average Bonchev–Trinajstić information content (AvgIpc) is 3.28. The molecule has 34 heavy (non-hydrogen) atoms. The maximum absolute atomic E-state index is 14.4. The molecule has 5 heterocycles. The Balaban J connectivity index is 1.52. The molecule has 1 aliphatic heterocycles. The number of halogens is 1. The highest BCUT2D eigenvalue weighted by Gasteiger charge is 2.18. The summed E-state index contributed by atoms with van der Waals surface area (Å²) in [6.07, 6.45) is 5.47. The van der Waals surface area contributed by atoms with Crippen molar-refractivity contribution in [2.45, 2.75) is 6.42 Å². The van der Waals surface area contributed by atoms with Gasteiger partial charge in [-0.2, -0.15) is 0 Å². The second kappa shape index (κ2) is 9.70. The highest BCUT2D eigenvalue weighted by Crippen LogP contribution is 2.28. The first-order valence-corrected chi connectivity index (χ1v) is 11.3. The Morgan fingerprint density at radius 1 is 1.09 bits per heavy atom. The van der Waals surface area contributed by atoms with Gasteiger partial charge in [0, 0.05) is 51.2 Å². The van der Waals surface area contributed by atoms with E-state index in [1.54, 1.807) is 30.0 Å². The fourth-order valence-corrected chi connectivity index (χ4v) is 4.09. The number of ether oxygens (including phenoxy) is 1. The van der Waals surface area contributed by atoms with E-state index in [2.05, 4.69) is 38.2 Å². The van der Waals surface area contributed by atoms with Gasteiger partial charge in [0.25, 0.3) is 0 Å². The van der Waals surface area contributed by atoms with E-state index in [9.17, 15) is 4.39 Å². The molecule has 1 aliphatic rings. The van der Waals surface area contributed by atoms with Gasteiger partial charge in [-0.1, -0.05) is 6.07 Å². The van der Waals surface area contributed by atoms with E-state index in [0.29, 0.717) is 28.9 Å². The first-order chi connectivity index (χ1) is 16.6. The Labute approximate surface area is 197 Å². The van der Waals surface area contributed by atoms with Crippen LogP contribution in [0.1, 0.15) is 5.56 Å². The summed E-state index contributed by atoms with van der Waals surface area (Å²) in [5.74, 6) is 0.935. The second-order valence-corrected chi connectivity index (χ2v) is 8.36. The number of fused-ring (bicyclic) bond motifs is 1. The van der Waals surface area contributed by atoms with Crippen molar-refractivity contribution in [3.63, 3.8) is 0 Å². The number of nitrogens with zero attached hydrogens (tertiary/aromatic N) is 7. The van der Waals surface area contributed by atoms with Crippen LogP contribution in [-0.2, 0) is 6.42 Å². The molecule has 0 unspecified atom stereocenters. The fourth-order valence-electron chi connectivity index (χ4n) is 4.09. The van der Waals surface area contributed by atoms with Crippen LogP contribution in [0.5, 0.6) is 5.88 Å². The molecule has 176 valence electrons. The number of pyridine rings is 2. The van der Waals surface area contributed by atoms with Crippen LogP contribution >= 0.6 is 0 Å². The van der Waals surface area contributed by atoms with Crippen molar-refractivity contribution < 1.29 is 9.13 Å². The first kappa shape index (κ1) is 22.2. The van der Waals surface area contributed by atoms with Crippen molar-refractivity contribution >= 4 is 17.0 Å². The minimum atomic E-state index is -0.453. The molecule has 0 spiro atoms. The minimum Gasteiger partial charge on any atom is -0.481 e. The van der Waals surface area contributed by atoms with Crippen molar-refractivity contribution in [2.75, 3.05) is 52.2 Å². The predicted octanol–water partition coefficient (Wildman–Crippen LogP) is 2.87. The Morgan fingerprint density at radius 3 is 2.74 bits per heavy atom. The van der Waals surface area contributed by atoms with Crippen LogP contribution in [0.25, 0.3) is 17.0 Å². The third-order valence-corrected chi connectivity index (χ3v) is 6.08. The zero-order valence-corrected chi connectivity index (χ0v) is 19.3. The molecule has 4 aromatic heterocycles. The van der Waals surface area contributed by atoms with Crippen LogP contribution in [-0.4, -0.2) is 81.2 Å². The van der Waals surface area contributed by atoms with Crippen LogP contribution in [0.3, 0.4) is 0 Å². The van der Waals surface area contributed by atoms with Gasteiger partial charge in [-0.05, 0) is 37.2 Å². The van der Waals surface area contributed by atoms with Gasteiger partial charge in [0.2, 0.25) is 11.7 Å². The fraction of sp³-hybridized carbons (Fsp3) is 0.333. The lowest BCUT2D eigenvalue weighted by Gasteiger charge is -2.32. The van der Waals surface area contributed by atoms with Gasteiger partial charge >= 0.3 is 0 Å². The lowest BCUT2D eigenvalue weighted by molar-refractivity contribution is 0.155. The van der Waals surface area contributed by atoms with E-state index >= 15 is 0 Å². The lowest BCUT2D eigenvalue weighted by atomic mass is 10.1. The van der Waals surface area contributed by atoms with E-state index in [1.807, 2.05) is 18.3 Å². The number of likely N-dealkylation sites (N-methyl/N-ethyl adjacent to an activating group) is 1. The van der Waals surface area contributed by atoms with Gasteiger partial charge < -0.3 is 19.9 Å². The number of aromatic nitrogens is 5. The summed E-state index contributed by atoms with van der Waals surface area (Å²) in [5, 5.41) is 7.85. The maximum atomic E-state index is 14.4. The maximum Gasteiger partial charge on any atom is 0.213 e. The number of piperazine rings is 1. The SMILES string of the molecule is COc1cccc(-c2nc(Nc3ccncc3F)c3c(CCN4CCN(C)CC4)ccn3n2)n1. The van der Waals surface area contributed by atoms with Crippen molar-refractivity contribution in [1.82, 2.24) is 34.4 Å². The topological polar surface area (TPSA) is 83.7 Å². The van der Waals surface area contributed by atoms with Crippen molar-refractivity contribution in [2.24, 2.45) is 0 Å². The van der Waals surface area contributed by atoms with E-state index in [-0.39, 0.29) is 0 Å². The molecular weight excluding hydrogens is 435 g/mol. The van der Waals surface area contributed by atoms with Crippen LogP contribution in [0, 0.1) is 5.82 Å². The molecule has 0 aliphatic carbocycles. The number of rotatable bonds is 7. The van der Waals surface area contributed by atoms with E-state index in [1.165, 1.54) is 6.20 Å². The van der Waals surface area contributed by atoms with Crippen molar-refractivity contribution in [1.29, 1.82) is 0 Å². The quantitative estimate of drug-likeness (QED) is 0.449. The van der Waals surface area contributed by atoms with Crippen LogP contribution in [0.4, 0.5) is 15.9 Å². The molecule has 0 amide bonds. The number of nitrogens with one attached hydrogen (secondary N) is 1. The summed E-state index contributed by atoms with van der Waals surface area (Å²) in [6, 6.07) is 9.06. The molecule has 1 fully saturated rings. The molecule has 0 radical (unpaired) electrons. The lowest BCUT2D eigenvalue weighted by Crippen LogP contribution is -2.45. The highest BCUT2D eigenvalue weighted by atomic mass is 19.1. The van der Waals surface area contributed by atoms with Crippen molar-refractivity contribution in [3.8, 4) is 17.4 Å². The van der Waals surface area contributed by atoms with Gasteiger partial charge in [-0.15, -0.1) is 5.10 Å². The van der Waals surface area contributed by atoms with Gasteiger partial charge in [0.1, 0.15) is 11.2 Å². The van der Waals surface area contributed by atoms with E-state index in [4.69, 9.17) is 14.8 Å². The number of hydrogen-bond acceptors (Lipinski definition) is 8. The first-order valence-electron chi connectivity index (χ1n) is 11.3. The number of methoxy groups -OCH3 is 1.